The van der Waals surface area contributed by atoms with Crippen LogP contribution in [0.25, 0.3) is 0 Å². The van der Waals surface area contributed by atoms with Crippen LogP contribution in [0.5, 0.6) is 0 Å². The van der Waals surface area contributed by atoms with E-state index in [9.17, 15) is 14.4 Å². The zero-order valence-corrected chi connectivity index (χ0v) is 10.9. The molecule has 98 valence electrons. The highest BCUT2D eigenvalue weighted by molar-refractivity contribution is 7.80. The molecule has 1 atom stereocenters. The number of hydrogen-bond acceptors (Lipinski definition) is 5. The van der Waals surface area contributed by atoms with Gasteiger partial charge in [-0.15, -0.1) is 0 Å². The van der Waals surface area contributed by atoms with Gasteiger partial charge in [0, 0.05) is 12.2 Å². The van der Waals surface area contributed by atoms with Crippen molar-refractivity contribution >= 4 is 30.4 Å². The summed E-state index contributed by atoms with van der Waals surface area (Å²) in [6, 6.07) is -0.788. The van der Waals surface area contributed by atoms with Gasteiger partial charge in [-0.1, -0.05) is 6.92 Å². The molecule has 6 nitrogen and oxygen atoms in total. The van der Waals surface area contributed by atoms with E-state index in [0.29, 0.717) is 6.42 Å². The summed E-state index contributed by atoms with van der Waals surface area (Å²) in [6.45, 7) is 3.45. The number of rotatable bonds is 7. The summed E-state index contributed by atoms with van der Waals surface area (Å²) in [5.41, 5.74) is 0. The molecule has 0 saturated carbocycles. The van der Waals surface area contributed by atoms with Gasteiger partial charge in [-0.2, -0.15) is 12.6 Å². The van der Waals surface area contributed by atoms with Crippen LogP contribution in [0, 0.1) is 0 Å². The van der Waals surface area contributed by atoms with Gasteiger partial charge in [-0.25, -0.2) is 4.79 Å². The molecular weight excluding hydrogens is 244 g/mol. The second kappa shape index (κ2) is 8.86. The molecule has 0 aliphatic rings. The molecule has 0 bridgehead atoms. The molecule has 17 heavy (non-hydrogen) atoms. The number of esters is 1. The first-order chi connectivity index (χ1) is 8.04. The summed E-state index contributed by atoms with van der Waals surface area (Å²) in [7, 11) is 0. The fourth-order valence-corrected chi connectivity index (χ4v) is 1.21. The molecule has 0 aromatic rings. The lowest BCUT2D eigenvalue weighted by atomic mass is 10.3. The van der Waals surface area contributed by atoms with Crippen molar-refractivity contribution in [3.8, 4) is 0 Å². The zero-order valence-electron chi connectivity index (χ0n) is 9.99. The molecule has 0 aliphatic heterocycles. The van der Waals surface area contributed by atoms with Crippen molar-refractivity contribution in [2.45, 2.75) is 26.3 Å². The first kappa shape index (κ1) is 15.8. The van der Waals surface area contributed by atoms with E-state index in [1.165, 1.54) is 0 Å². The van der Waals surface area contributed by atoms with E-state index in [1.54, 1.807) is 13.8 Å². The van der Waals surface area contributed by atoms with Crippen molar-refractivity contribution in [1.82, 2.24) is 10.6 Å². The van der Waals surface area contributed by atoms with Crippen LogP contribution >= 0.6 is 12.6 Å². The summed E-state index contributed by atoms with van der Waals surface area (Å²) in [4.78, 5) is 33.6. The van der Waals surface area contributed by atoms with Crippen LogP contribution in [0.2, 0.25) is 0 Å². The fraction of sp³-hybridized carbons (Fsp3) is 0.700. The lowest BCUT2D eigenvalue weighted by Crippen LogP contribution is -2.47. The molecule has 0 saturated heterocycles. The maximum absolute atomic E-state index is 11.4. The number of thiol groups is 1. The molecule has 0 radical (unpaired) electrons. The van der Waals surface area contributed by atoms with E-state index in [2.05, 4.69) is 23.3 Å². The van der Waals surface area contributed by atoms with Crippen molar-refractivity contribution in [2.75, 3.05) is 18.9 Å². The van der Waals surface area contributed by atoms with E-state index in [-0.39, 0.29) is 24.8 Å². The number of ether oxygens (including phenoxy) is 1. The minimum absolute atomic E-state index is 0.145. The van der Waals surface area contributed by atoms with Gasteiger partial charge >= 0.3 is 5.97 Å². The van der Waals surface area contributed by atoms with Gasteiger partial charge in [-0.05, 0) is 6.92 Å². The Kier molecular flexibility index (Phi) is 8.21. The van der Waals surface area contributed by atoms with Crippen LogP contribution in [-0.2, 0) is 19.1 Å². The first-order valence-corrected chi connectivity index (χ1v) is 6.01. The minimum atomic E-state index is -0.788. The number of carbonyl (C=O) groups excluding carboxylic acids is 3. The lowest BCUT2D eigenvalue weighted by Gasteiger charge is -2.15. The van der Waals surface area contributed by atoms with Gasteiger partial charge in [0.15, 0.2) is 0 Å². The predicted octanol–water partition coefficient (Wildman–Crippen LogP) is -0.510. The molecule has 2 amide bonds. The maximum atomic E-state index is 11.4. The third-order valence-corrected chi connectivity index (χ3v) is 2.22. The second-order valence-corrected chi connectivity index (χ2v) is 3.55. The van der Waals surface area contributed by atoms with E-state index in [1.807, 2.05) is 0 Å². The topological polar surface area (TPSA) is 84.5 Å². The molecule has 0 unspecified atom stereocenters. The largest absolute Gasteiger partial charge is 0.464 e. The molecule has 0 spiro atoms. The van der Waals surface area contributed by atoms with Crippen LogP contribution in [0.3, 0.4) is 0 Å². The summed E-state index contributed by atoms with van der Waals surface area (Å²) in [5.74, 6) is -1.05. The Balaban J connectivity index is 4.06. The number of nitrogens with one attached hydrogen (secondary N) is 2. The van der Waals surface area contributed by atoms with Gasteiger partial charge in [-0.3, -0.25) is 9.59 Å². The monoisotopic (exact) mass is 262 g/mol. The zero-order chi connectivity index (χ0) is 13.3. The van der Waals surface area contributed by atoms with E-state index in [0.717, 1.165) is 0 Å². The van der Waals surface area contributed by atoms with Crippen molar-refractivity contribution in [2.24, 2.45) is 0 Å². The van der Waals surface area contributed by atoms with Gasteiger partial charge in [0.05, 0.1) is 13.2 Å². The molecule has 0 aliphatic carbocycles. The standard InChI is InChI=1S/C10H18N2O4S/c1-3-8(13)11-5-9(14)12-7(6-17)10(15)16-4-2/h7,17H,3-6H2,1-2H3,(H,11,13)(H,12,14)/t7-/m0/s1. The van der Waals surface area contributed by atoms with Crippen LogP contribution in [0.15, 0.2) is 0 Å². The third-order valence-electron chi connectivity index (χ3n) is 1.86. The quantitative estimate of drug-likeness (QED) is 0.426. The smallest absolute Gasteiger partial charge is 0.329 e. The fourth-order valence-electron chi connectivity index (χ4n) is 0.971. The van der Waals surface area contributed by atoms with Crippen LogP contribution in [-0.4, -0.2) is 42.7 Å². The van der Waals surface area contributed by atoms with Gasteiger partial charge in [0.2, 0.25) is 11.8 Å². The summed E-state index contributed by atoms with van der Waals surface area (Å²) in [5, 5.41) is 4.83. The van der Waals surface area contributed by atoms with Crippen LogP contribution < -0.4 is 10.6 Å². The first-order valence-electron chi connectivity index (χ1n) is 5.38. The SMILES string of the molecule is CCOC(=O)[C@H](CS)NC(=O)CNC(=O)CC. The molecule has 7 heteroatoms. The highest BCUT2D eigenvalue weighted by Gasteiger charge is 2.20. The average Bonchev–Trinajstić information content (AvgIpc) is 2.33. The molecule has 0 rings (SSSR count). The molecule has 0 aromatic carbocycles. The molecular formula is C10H18N2O4S. The predicted molar refractivity (Wildman–Crippen MR) is 65.7 cm³/mol. The normalized spacial score (nSPS) is 11.5. The summed E-state index contributed by atoms with van der Waals surface area (Å²) in [6.07, 6.45) is 0.307. The van der Waals surface area contributed by atoms with Crippen molar-refractivity contribution in [3.05, 3.63) is 0 Å². The maximum Gasteiger partial charge on any atom is 0.329 e. The Morgan fingerprint density at radius 2 is 1.88 bits per heavy atom. The minimum Gasteiger partial charge on any atom is -0.464 e. The van der Waals surface area contributed by atoms with E-state index in [4.69, 9.17) is 4.74 Å². The second-order valence-electron chi connectivity index (χ2n) is 3.19. The Morgan fingerprint density at radius 1 is 1.24 bits per heavy atom. The third kappa shape index (κ3) is 6.83. The number of carbonyl (C=O) groups is 3. The summed E-state index contributed by atoms with van der Waals surface area (Å²) >= 11 is 3.95. The van der Waals surface area contributed by atoms with Crippen LogP contribution in [0.4, 0.5) is 0 Å². The molecule has 2 N–H and O–H groups in total. The molecule has 0 aromatic heterocycles. The Morgan fingerprint density at radius 3 is 2.35 bits per heavy atom. The highest BCUT2D eigenvalue weighted by Crippen LogP contribution is 1.92. The van der Waals surface area contributed by atoms with Crippen molar-refractivity contribution in [1.29, 1.82) is 0 Å². The van der Waals surface area contributed by atoms with E-state index < -0.39 is 17.9 Å². The van der Waals surface area contributed by atoms with Gasteiger partial charge in [0.1, 0.15) is 6.04 Å². The number of amides is 2. The lowest BCUT2D eigenvalue weighted by molar-refractivity contribution is -0.146. The van der Waals surface area contributed by atoms with Crippen LogP contribution in [0.1, 0.15) is 20.3 Å². The van der Waals surface area contributed by atoms with Gasteiger partial charge in [0.25, 0.3) is 0 Å². The Hall–Kier alpha value is -1.24. The molecule has 0 heterocycles. The van der Waals surface area contributed by atoms with Crippen molar-refractivity contribution < 1.29 is 19.1 Å². The Labute approximate surface area is 106 Å². The molecule has 0 fully saturated rings. The van der Waals surface area contributed by atoms with E-state index >= 15 is 0 Å². The Bertz CT molecular complexity index is 283. The number of hydrogen-bond donors (Lipinski definition) is 3. The van der Waals surface area contributed by atoms with Gasteiger partial charge < -0.3 is 15.4 Å². The average molecular weight is 262 g/mol. The van der Waals surface area contributed by atoms with Crippen molar-refractivity contribution in [3.63, 3.8) is 0 Å². The summed E-state index contributed by atoms with van der Waals surface area (Å²) < 4.78 is 4.75. The highest BCUT2D eigenvalue weighted by atomic mass is 32.1.